The molecule has 0 aliphatic rings. The summed E-state index contributed by atoms with van der Waals surface area (Å²) in [6.45, 7) is 5.92. The van der Waals surface area contributed by atoms with Gasteiger partial charge < -0.3 is 10.2 Å². The lowest BCUT2D eigenvalue weighted by Gasteiger charge is -2.17. The van der Waals surface area contributed by atoms with Gasteiger partial charge in [-0.05, 0) is 50.1 Å². The fourth-order valence-corrected chi connectivity index (χ4v) is 3.29. The summed E-state index contributed by atoms with van der Waals surface area (Å²) < 4.78 is 1.74. The van der Waals surface area contributed by atoms with Crippen LogP contribution in [0.5, 0.6) is 0 Å². The van der Waals surface area contributed by atoms with Crippen molar-refractivity contribution in [3.8, 4) is 5.69 Å². The Morgan fingerprint density at radius 2 is 1.77 bits per heavy atom. The molecule has 2 amide bonds. The number of hydrogen-bond donors (Lipinski definition) is 1. The van der Waals surface area contributed by atoms with Crippen LogP contribution in [0.25, 0.3) is 11.8 Å². The molecule has 0 aliphatic carbocycles. The molecule has 30 heavy (non-hydrogen) atoms. The standard InChI is InChI=1S/C24H26N4O2/c1-17-12-18(2)24(19(3)13-17)26-22(29)16-27(4)23(30)11-10-20-14-25-28(15-20)21-8-6-5-7-9-21/h5-15H,16H2,1-4H3,(H,26,29)/b11-10+. The molecule has 3 rings (SSSR count). The third-order valence-electron chi connectivity index (χ3n) is 4.74. The smallest absolute Gasteiger partial charge is 0.246 e. The fourth-order valence-electron chi connectivity index (χ4n) is 3.29. The third-order valence-corrected chi connectivity index (χ3v) is 4.74. The molecular formula is C24H26N4O2. The molecule has 1 N–H and O–H groups in total. The normalized spacial score (nSPS) is 10.9. The number of rotatable bonds is 6. The molecule has 1 heterocycles. The highest BCUT2D eigenvalue weighted by atomic mass is 16.2. The zero-order valence-corrected chi connectivity index (χ0v) is 17.7. The van der Waals surface area contributed by atoms with Crippen LogP contribution in [0.1, 0.15) is 22.3 Å². The molecule has 0 saturated heterocycles. The highest BCUT2D eigenvalue weighted by Gasteiger charge is 2.13. The Hall–Kier alpha value is -3.67. The van der Waals surface area contributed by atoms with Gasteiger partial charge in [0.25, 0.3) is 0 Å². The number of nitrogens with one attached hydrogen (secondary N) is 1. The Labute approximate surface area is 176 Å². The van der Waals surface area contributed by atoms with Gasteiger partial charge in [0, 0.05) is 30.6 Å². The van der Waals surface area contributed by atoms with Gasteiger partial charge in [0.05, 0.1) is 18.4 Å². The number of likely N-dealkylation sites (N-methyl/N-ethyl adjacent to an activating group) is 1. The van der Waals surface area contributed by atoms with Gasteiger partial charge in [0.2, 0.25) is 11.8 Å². The van der Waals surface area contributed by atoms with Gasteiger partial charge in [0.15, 0.2) is 0 Å². The molecule has 0 bridgehead atoms. The number of amides is 2. The van der Waals surface area contributed by atoms with Gasteiger partial charge in [-0.15, -0.1) is 0 Å². The SMILES string of the molecule is Cc1cc(C)c(NC(=O)CN(C)C(=O)/C=C/c2cnn(-c3ccccc3)c2)c(C)c1. The van der Waals surface area contributed by atoms with Crippen LogP contribution in [0.3, 0.4) is 0 Å². The first kappa shape index (κ1) is 21.0. The van der Waals surface area contributed by atoms with Crippen molar-refractivity contribution in [1.29, 1.82) is 0 Å². The Balaban J connectivity index is 1.58. The fraction of sp³-hybridized carbons (Fsp3) is 0.208. The molecule has 0 saturated carbocycles. The summed E-state index contributed by atoms with van der Waals surface area (Å²) in [5.41, 5.74) is 5.71. The maximum absolute atomic E-state index is 12.4. The minimum absolute atomic E-state index is 0.0286. The minimum Gasteiger partial charge on any atom is -0.333 e. The number of aromatic nitrogens is 2. The van der Waals surface area contributed by atoms with E-state index in [1.807, 2.05) is 69.4 Å². The van der Waals surface area contributed by atoms with Crippen LogP contribution < -0.4 is 5.32 Å². The first-order valence-corrected chi connectivity index (χ1v) is 9.74. The van der Waals surface area contributed by atoms with E-state index in [1.54, 1.807) is 24.0 Å². The van der Waals surface area contributed by atoms with Crippen molar-refractivity contribution in [3.05, 3.63) is 83.2 Å². The van der Waals surface area contributed by atoms with Crippen LogP contribution in [0.4, 0.5) is 5.69 Å². The molecule has 6 heteroatoms. The van der Waals surface area contributed by atoms with Crippen molar-refractivity contribution < 1.29 is 9.59 Å². The zero-order chi connectivity index (χ0) is 21.7. The van der Waals surface area contributed by atoms with E-state index >= 15 is 0 Å². The van der Waals surface area contributed by atoms with Crippen molar-refractivity contribution in [2.24, 2.45) is 0 Å². The summed E-state index contributed by atoms with van der Waals surface area (Å²) >= 11 is 0. The van der Waals surface area contributed by atoms with Crippen molar-refractivity contribution in [1.82, 2.24) is 14.7 Å². The van der Waals surface area contributed by atoms with Gasteiger partial charge in [-0.1, -0.05) is 35.9 Å². The average Bonchev–Trinajstić information content (AvgIpc) is 3.18. The lowest BCUT2D eigenvalue weighted by atomic mass is 10.1. The van der Waals surface area contributed by atoms with Gasteiger partial charge in [0.1, 0.15) is 0 Å². The van der Waals surface area contributed by atoms with Gasteiger partial charge >= 0.3 is 0 Å². The number of hydrogen-bond acceptors (Lipinski definition) is 3. The van der Waals surface area contributed by atoms with E-state index in [0.717, 1.165) is 33.6 Å². The summed E-state index contributed by atoms with van der Waals surface area (Å²) in [7, 11) is 1.61. The van der Waals surface area contributed by atoms with Gasteiger partial charge in [-0.2, -0.15) is 5.10 Å². The second-order valence-corrected chi connectivity index (χ2v) is 7.40. The maximum atomic E-state index is 12.4. The van der Waals surface area contributed by atoms with Crippen molar-refractivity contribution >= 4 is 23.6 Å². The Kier molecular flexibility index (Phi) is 6.47. The van der Waals surface area contributed by atoms with E-state index in [0.29, 0.717) is 0 Å². The Morgan fingerprint density at radius 3 is 2.43 bits per heavy atom. The van der Waals surface area contributed by atoms with E-state index in [4.69, 9.17) is 0 Å². The van der Waals surface area contributed by atoms with Crippen LogP contribution in [0.2, 0.25) is 0 Å². The third kappa shape index (κ3) is 5.23. The highest BCUT2D eigenvalue weighted by Crippen LogP contribution is 2.21. The number of benzene rings is 2. The van der Waals surface area contributed by atoms with E-state index < -0.39 is 0 Å². The van der Waals surface area contributed by atoms with Crippen LogP contribution in [0.15, 0.2) is 60.9 Å². The molecule has 1 aromatic heterocycles. The van der Waals surface area contributed by atoms with Crippen LogP contribution in [-0.4, -0.2) is 40.1 Å². The van der Waals surface area contributed by atoms with Gasteiger partial charge in [-0.3, -0.25) is 9.59 Å². The van der Waals surface area contributed by atoms with Crippen molar-refractivity contribution in [2.45, 2.75) is 20.8 Å². The molecule has 0 unspecified atom stereocenters. The van der Waals surface area contributed by atoms with Crippen LogP contribution >= 0.6 is 0 Å². The van der Waals surface area contributed by atoms with E-state index in [9.17, 15) is 9.59 Å². The van der Waals surface area contributed by atoms with Gasteiger partial charge in [-0.25, -0.2) is 4.68 Å². The predicted octanol–water partition coefficient (Wildman–Crippen LogP) is 3.91. The lowest BCUT2D eigenvalue weighted by molar-refractivity contribution is -0.129. The zero-order valence-electron chi connectivity index (χ0n) is 17.7. The molecule has 6 nitrogen and oxygen atoms in total. The molecule has 3 aromatic rings. The lowest BCUT2D eigenvalue weighted by Crippen LogP contribution is -2.34. The molecular weight excluding hydrogens is 376 g/mol. The number of anilines is 1. The molecule has 0 fully saturated rings. The minimum atomic E-state index is -0.255. The molecule has 0 aliphatic heterocycles. The topological polar surface area (TPSA) is 67.2 Å². The summed E-state index contributed by atoms with van der Waals surface area (Å²) in [6, 6.07) is 13.8. The number of para-hydroxylation sites is 1. The maximum Gasteiger partial charge on any atom is 0.246 e. The highest BCUT2D eigenvalue weighted by molar-refractivity contribution is 5.98. The van der Waals surface area contributed by atoms with Crippen LogP contribution in [0, 0.1) is 20.8 Å². The average molecular weight is 402 g/mol. The Bertz CT molecular complexity index is 1060. The summed E-state index contributed by atoms with van der Waals surface area (Å²) in [5.74, 6) is -0.485. The molecule has 0 spiro atoms. The number of nitrogens with zero attached hydrogens (tertiary/aromatic N) is 3. The summed E-state index contributed by atoms with van der Waals surface area (Å²) in [4.78, 5) is 26.2. The molecule has 2 aromatic carbocycles. The quantitative estimate of drug-likeness (QED) is 0.636. The van der Waals surface area contributed by atoms with Crippen molar-refractivity contribution in [3.63, 3.8) is 0 Å². The number of aryl methyl sites for hydroxylation is 3. The van der Waals surface area contributed by atoms with Crippen molar-refractivity contribution in [2.75, 3.05) is 18.9 Å². The second-order valence-electron chi connectivity index (χ2n) is 7.40. The van der Waals surface area contributed by atoms with E-state index in [2.05, 4.69) is 10.4 Å². The predicted molar refractivity (Wildman–Crippen MR) is 120 cm³/mol. The van der Waals surface area contributed by atoms with E-state index in [1.165, 1.54) is 11.0 Å². The Morgan fingerprint density at radius 1 is 1.10 bits per heavy atom. The molecule has 154 valence electrons. The van der Waals surface area contributed by atoms with E-state index in [-0.39, 0.29) is 18.4 Å². The number of carbonyl (C=O) groups is 2. The number of carbonyl (C=O) groups excluding carboxylic acids is 2. The van der Waals surface area contributed by atoms with Crippen LogP contribution in [-0.2, 0) is 9.59 Å². The summed E-state index contributed by atoms with van der Waals surface area (Å²) in [5, 5.41) is 7.22. The largest absolute Gasteiger partial charge is 0.333 e. The monoisotopic (exact) mass is 402 g/mol. The first-order valence-electron chi connectivity index (χ1n) is 9.74. The molecule has 0 atom stereocenters. The molecule has 0 radical (unpaired) electrons. The summed E-state index contributed by atoms with van der Waals surface area (Å²) in [6.07, 6.45) is 6.67. The first-order chi connectivity index (χ1) is 14.3. The second kappa shape index (κ2) is 9.22.